The molecule has 9 nitrogen and oxygen atoms in total. The van der Waals surface area contributed by atoms with Crippen LogP contribution >= 0.6 is 0 Å². The quantitative estimate of drug-likeness (QED) is 0.224. The number of carboxylic acid groups (broad SMARTS) is 1. The van der Waals surface area contributed by atoms with Gasteiger partial charge in [-0.2, -0.15) is 0 Å². The molecule has 0 spiro atoms. The third-order valence-electron chi connectivity index (χ3n) is 5.42. The number of nitro groups is 1. The molecule has 2 aromatic carbocycles. The summed E-state index contributed by atoms with van der Waals surface area (Å²) >= 11 is 0. The number of amides is 1. The number of rotatable bonds is 10. The Morgan fingerprint density at radius 3 is 2.56 bits per heavy atom. The first-order valence-corrected chi connectivity index (χ1v) is 11.1. The Morgan fingerprint density at radius 2 is 1.91 bits per heavy atom. The maximum Gasteiger partial charge on any atom is 0.407 e. The second-order valence-electron chi connectivity index (χ2n) is 8.97. The standard InChI is InChI=1S/C25H30N4O5/c1-25(2,3)28(24(30)31)14-8-7-13-26-23-20-12-11-19(34-17-18-9-5-4-6-10-18)15-21(20)27-16-22(23)29(32)33/h4-6,9-12,15-16H,7-8,13-14,17H2,1-3H3,(H,26,27)(H,30,31). The average molecular weight is 467 g/mol. The topological polar surface area (TPSA) is 118 Å². The van der Waals surface area contributed by atoms with Crippen LogP contribution in [0.25, 0.3) is 10.9 Å². The second-order valence-corrected chi connectivity index (χ2v) is 8.97. The largest absolute Gasteiger partial charge is 0.489 e. The lowest BCUT2D eigenvalue weighted by Crippen LogP contribution is -2.45. The highest BCUT2D eigenvalue weighted by atomic mass is 16.6. The Balaban J connectivity index is 1.69. The molecule has 0 fully saturated rings. The first kappa shape index (κ1) is 24.8. The molecule has 0 saturated heterocycles. The minimum Gasteiger partial charge on any atom is -0.489 e. The summed E-state index contributed by atoms with van der Waals surface area (Å²) < 4.78 is 5.85. The molecular formula is C25H30N4O5. The fourth-order valence-corrected chi connectivity index (χ4v) is 3.64. The molecule has 0 aliphatic rings. The van der Waals surface area contributed by atoms with E-state index in [4.69, 9.17) is 4.74 Å². The first-order valence-electron chi connectivity index (χ1n) is 11.1. The van der Waals surface area contributed by atoms with E-state index in [9.17, 15) is 20.0 Å². The van der Waals surface area contributed by atoms with Crippen molar-refractivity contribution >= 4 is 28.4 Å². The normalized spacial score (nSPS) is 11.3. The van der Waals surface area contributed by atoms with Crippen molar-refractivity contribution in [2.24, 2.45) is 0 Å². The molecule has 0 aliphatic carbocycles. The number of fused-ring (bicyclic) bond motifs is 1. The van der Waals surface area contributed by atoms with Crippen molar-refractivity contribution in [1.29, 1.82) is 0 Å². The van der Waals surface area contributed by atoms with Gasteiger partial charge in [-0.25, -0.2) is 9.78 Å². The van der Waals surface area contributed by atoms with E-state index in [0.29, 0.717) is 54.9 Å². The first-order chi connectivity index (χ1) is 16.2. The molecule has 3 rings (SSSR count). The van der Waals surface area contributed by atoms with Crippen LogP contribution in [0.1, 0.15) is 39.2 Å². The van der Waals surface area contributed by atoms with Gasteiger partial charge in [0.2, 0.25) is 0 Å². The van der Waals surface area contributed by atoms with E-state index in [1.807, 2.05) is 51.1 Å². The molecular weight excluding hydrogens is 436 g/mol. The van der Waals surface area contributed by atoms with Crippen molar-refractivity contribution in [2.45, 2.75) is 45.8 Å². The van der Waals surface area contributed by atoms with Crippen LogP contribution in [0, 0.1) is 10.1 Å². The molecule has 34 heavy (non-hydrogen) atoms. The lowest BCUT2D eigenvalue weighted by molar-refractivity contribution is -0.384. The predicted molar refractivity (Wildman–Crippen MR) is 131 cm³/mol. The summed E-state index contributed by atoms with van der Waals surface area (Å²) in [5.41, 5.74) is 1.43. The Bertz CT molecular complexity index is 1150. The maximum atomic E-state index is 11.6. The van der Waals surface area contributed by atoms with E-state index >= 15 is 0 Å². The SMILES string of the molecule is CC(C)(C)N(CCCCNc1c([N+](=O)[O-])cnc2cc(OCc3ccccc3)ccc12)C(=O)O. The number of nitrogens with zero attached hydrogens (tertiary/aromatic N) is 3. The molecule has 0 atom stereocenters. The number of carbonyl (C=O) groups is 1. The van der Waals surface area contributed by atoms with Crippen LogP contribution in [0.5, 0.6) is 5.75 Å². The number of pyridine rings is 1. The molecule has 3 aromatic rings. The van der Waals surface area contributed by atoms with E-state index in [1.165, 1.54) is 11.1 Å². The van der Waals surface area contributed by atoms with E-state index in [2.05, 4.69) is 10.3 Å². The number of benzene rings is 2. The van der Waals surface area contributed by atoms with Gasteiger partial charge in [-0.1, -0.05) is 30.3 Å². The zero-order chi connectivity index (χ0) is 24.7. The molecule has 0 radical (unpaired) electrons. The zero-order valence-electron chi connectivity index (χ0n) is 19.7. The molecule has 0 aliphatic heterocycles. The summed E-state index contributed by atoms with van der Waals surface area (Å²) in [4.78, 5) is 28.3. The van der Waals surface area contributed by atoms with Crippen LogP contribution in [-0.4, -0.2) is 44.6 Å². The van der Waals surface area contributed by atoms with Crippen LogP contribution in [0.4, 0.5) is 16.2 Å². The molecule has 1 amide bonds. The van der Waals surface area contributed by atoms with E-state index < -0.39 is 16.6 Å². The van der Waals surface area contributed by atoms with E-state index in [-0.39, 0.29) is 5.69 Å². The third kappa shape index (κ3) is 6.34. The number of nitrogens with one attached hydrogen (secondary N) is 1. The molecule has 1 aromatic heterocycles. The third-order valence-corrected chi connectivity index (χ3v) is 5.42. The predicted octanol–water partition coefficient (Wildman–Crippen LogP) is 5.69. The van der Waals surface area contributed by atoms with Gasteiger partial charge in [0.25, 0.3) is 0 Å². The number of anilines is 1. The van der Waals surface area contributed by atoms with Crippen molar-refractivity contribution in [3.05, 3.63) is 70.4 Å². The zero-order valence-corrected chi connectivity index (χ0v) is 19.7. The fraction of sp³-hybridized carbons (Fsp3) is 0.360. The van der Waals surface area contributed by atoms with Gasteiger partial charge in [-0.3, -0.25) is 10.1 Å². The Hall–Kier alpha value is -3.88. The number of hydrogen-bond donors (Lipinski definition) is 2. The summed E-state index contributed by atoms with van der Waals surface area (Å²) in [6, 6.07) is 15.1. The van der Waals surface area contributed by atoms with Crippen LogP contribution in [-0.2, 0) is 6.61 Å². The molecule has 1 heterocycles. The minimum atomic E-state index is -0.957. The highest BCUT2D eigenvalue weighted by Gasteiger charge is 2.25. The highest BCUT2D eigenvalue weighted by molar-refractivity contribution is 5.96. The number of unbranched alkanes of at least 4 members (excludes halogenated alkanes) is 1. The number of aromatic nitrogens is 1. The molecule has 9 heteroatoms. The van der Waals surface area contributed by atoms with Gasteiger partial charge >= 0.3 is 11.8 Å². The van der Waals surface area contributed by atoms with Crippen molar-refractivity contribution in [3.8, 4) is 5.75 Å². The maximum absolute atomic E-state index is 11.6. The van der Waals surface area contributed by atoms with Gasteiger partial charge in [0.15, 0.2) is 0 Å². The van der Waals surface area contributed by atoms with Gasteiger partial charge in [0, 0.05) is 30.1 Å². The summed E-state index contributed by atoms with van der Waals surface area (Å²) in [5.74, 6) is 0.625. The monoisotopic (exact) mass is 466 g/mol. The molecule has 180 valence electrons. The summed E-state index contributed by atoms with van der Waals surface area (Å²) in [6.45, 7) is 6.81. The molecule has 2 N–H and O–H groups in total. The number of ether oxygens (including phenoxy) is 1. The van der Waals surface area contributed by atoms with Gasteiger partial charge in [-0.05, 0) is 51.3 Å². The van der Waals surface area contributed by atoms with Crippen LogP contribution in [0.15, 0.2) is 54.7 Å². The molecule has 0 saturated carbocycles. The smallest absolute Gasteiger partial charge is 0.407 e. The van der Waals surface area contributed by atoms with Crippen LogP contribution in [0.3, 0.4) is 0 Å². The van der Waals surface area contributed by atoms with Gasteiger partial charge in [-0.15, -0.1) is 0 Å². The fourth-order valence-electron chi connectivity index (χ4n) is 3.64. The van der Waals surface area contributed by atoms with E-state index in [0.717, 1.165) is 5.56 Å². The van der Waals surface area contributed by atoms with Gasteiger partial charge < -0.3 is 20.1 Å². The lowest BCUT2D eigenvalue weighted by Gasteiger charge is -2.33. The summed E-state index contributed by atoms with van der Waals surface area (Å²) in [5, 5.41) is 24.8. The van der Waals surface area contributed by atoms with Crippen LogP contribution < -0.4 is 10.1 Å². The molecule has 0 unspecified atom stereocenters. The Morgan fingerprint density at radius 1 is 1.18 bits per heavy atom. The summed E-state index contributed by atoms with van der Waals surface area (Å²) in [7, 11) is 0. The second kappa shape index (κ2) is 10.8. The minimum absolute atomic E-state index is 0.104. The van der Waals surface area contributed by atoms with Crippen molar-refractivity contribution < 1.29 is 19.6 Å². The average Bonchev–Trinajstić information content (AvgIpc) is 2.79. The lowest BCUT2D eigenvalue weighted by atomic mass is 10.1. The van der Waals surface area contributed by atoms with Crippen molar-refractivity contribution in [1.82, 2.24) is 9.88 Å². The van der Waals surface area contributed by atoms with Crippen LogP contribution in [0.2, 0.25) is 0 Å². The van der Waals surface area contributed by atoms with Gasteiger partial charge in [0.05, 0.1) is 10.4 Å². The van der Waals surface area contributed by atoms with Gasteiger partial charge in [0.1, 0.15) is 24.2 Å². The number of hydrogen-bond acceptors (Lipinski definition) is 6. The van der Waals surface area contributed by atoms with E-state index in [1.54, 1.807) is 18.2 Å². The van der Waals surface area contributed by atoms with Crippen molar-refractivity contribution in [3.63, 3.8) is 0 Å². The highest BCUT2D eigenvalue weighted by Crippen LogP contribution is 2.33. The molecule has 0 bridgehead atoms. The Labute approximate surface area is 198 Å². The van der Waals surface area contributed by atoms with Crippen molar-refractivity contribution in [2.75, 3.05) is 18.4 Å². The summed E-state index contributed by atoms with van der Waals surface area (Å²) in [6.07, 6.45) is 1.57. The Kier molecular flexibility index (Phi) is 7.88.